The van der Waals surface area contributed by atoms with Crippen LogP contribution in [0.5, 0.6) is 5.75 Å². The second-order valence-electron chi connectivity index (χ2n) is 3.72. The lowest BCUT2D eigenvalue weighted by molar-refractivity contribution is -0.141. The minimum Gasteiger partial charge on any atom is -0.504 e. The largest absolute Gasteiger partial charge is 0.504 e. The van der Waals surface area contributed by atoms with Gasteiger partial charge in [-0.2, -0.15) is 0 Å². The Bertz CT molecular complexity index is 469. The van der Waals surface area contributed by atoms with Gasteiger partial charge in [0.2, 0.25) is 0 Å². The fourth-order valence-electron chi connectivity index (χ4n) is 1.38. The first-order valence-electron chi connectivity index (χ1n) is 4.80. The fraction of sp³-hybridized carbons (Fsp3) is 0.273. The number of carbonyl (C=O) groups is 2. The van der Waals surface area contributed by atoms with Gasteiger partial charge in [0.25, 0.3) is 0 Å². The van der Waals surface area contributed by atoms with E-state index in [0.717, 1.165) is 12.1 Å². The van der Waals surface area contributed by atoms with Gasteiger partial charge >= 0.3 is 11.9 Å². The third-order valence-electron chi connectivity index (χ3n) is 2.32. The molecule has 0 amide bonds. The van der Waals surface area contributed by atoms with E-state index in [1.54, 1.807) is 0 Å². The molecule has 1 aromatic carbocycles. The van der Waals surface area contributed by atoms with Gasteiger partial charge in [0.15, 0.2) is 11.6 Å². The van der Waals surface area contributed by atoms with Gasteiger partial charge < -0.3 is 15.3 Å². The summed E-state index contributed by atoms with van der Waals surface area (Å²) in [5, 5.41) is 26.6. The molecule has 0 bridgehead atoms. The van der Waals surface area contributed by atoms with Crippen molar-refractivity contribution in [3.8, 4) is 5.75 Å². The van der Waals surface area contributed by atoms with Crippen LogP contribution in [0.2, 0.25) is 0 Å². The molecule has 3 N–H and O–H groups in total. The van der Waals surface area contributed by atoms with E-state index >= 15 is 0 Å². The third kappa shape index (κ3) is 2.93. The van der Waals surface area contributed by atoms with Crippen molar-refractivity contribution in [2.24, 2.45) is 5.92 Å². The maximum Gasteiger partial charge on any atom is 0.339 e. The first kappa shape index (κ1) is 13.0. The molecule has 1 atom stereocenters. The van der Waals surface area contributed by atoms with Crippen LogP contribution >= 0.6 is 0 Å². The van der Waals surface area contributed by atoms with E-state index in [1.165, 1.54) is 6.92 Å². The van der Waals surface area contributed by atoms with Crippen LogP contribution in [0.1, 0.15) is 22.8 Å². The van der Waals surface area contributed by atoms with E-state index < -0.39 is 35.0 Å². The van der Waals surface area contributed by atoms with Crippen LogP contribution in [0.15, 0.2) is 12.1 Å². The van der Waals surface area contributed by atoms with Gasteiger partial charge in [0, 0.05) is 0 Å². The lowest BCUT2D eigenvalue weighted by Crippen LogP contribution is -2.13. The second-order valence-corrected chi connectivity index (χ2v) is 3.72. The Labute approximate surface area is 96.1 Å². The Morgan fingerprint density at radius 3 is 2.41 bits per heavy atom. The summed E-state index contributed by atoms with van der Waals surface area (Å²) < 4.78 is 13.2. The maximum absolute atomic E-state index is 13.2. The summed E-state index contributed by atoms with van der Waals surface area (Å²) in [6.45, 7) is 1.42. The SMILES string of the molecule is CC(Cc1cc(F)c(O)c(C(=O)O)c1)C(=O)O. The van der Waals surface area contributed by atoms with E-state index in [1.807, 2.05) is 0 Å². The van der Waals surface area contributed by atoms with E-state index in [2.05, 4.69) is 0 Å². The number of hydrogen-bond acceptors (Lipinski definition) is 3. The molecule has 5 nitrogen and oxygen atoms in total. The molecule has 92 valence electrons. The highest BCUT2D eigenvalue weighted by atomic mass is 19.1. The molecular weight excluding hydrogens is 231 g/mol. The Kier molecular flexibility index (Phi) is 3.67. The average Bonchev–Trinajstić information content (AvgIpc) is 2.22. The molecule has 0 aromatic heterocycles. The Morgan fingerprint density at radius 1 is 1.35 bits per heavy atom. The molecule has 0 aliphatic carbocycles. The fourth-order valence-corrected chi connectivity index (χ4v) is 1.38. The summed E-state index contributed by atoms with van der Waals surface area (Å²) >= 11 is 0. The normalized spacial score (nSPS) is 12.1. The van der Waals surface area contributed by atoms with Crippen LogP contribution in [-0.2, 0) is 11.2 Å². The smallest absolute Gasteiger partial charge is 0.339 e. The van der Waals surface area contributed by atoms with Crippen molar-refractivity contribution >= 4 is 11.9 Å². The van der Waals surface area contributed by atoms with Crippen LogP contribution in [0.4, 0.5) is 4.39 Å². The quantitative estimate of drug-likeness (QED) is 0.743. The molecule has 0 heterocycles. The van der Waals surface area contributed by atoms with Crippen molar-refractivity contribution in [3.05, 3.63) is 29.1 Å². The zero-order valence-corrected chi connectivity index (χ0v) is 8.98. The van der Waals surface area contributed by atoms with Crippen molar-refractivity contribution in [2.75, 3.05) is 0 Å². The van der Waals surface area contributed by atoms with Crippen molar-refractivity contribution in [3.63, 3.8) is 0 Å². The number of hydrogen-bond donors (Lipinski definition) is 3. The van der Waals surface area contributed by atoms with Gasteiger partial charge in [0.05, 0.1) is 5.92 Å². The molecule has 17 heavy (non-hydrogen) atoms. The highest BCUT2D eigenvalue weighted by Crippen LogP contribution is 2.24. The molecule has 1 rings (SSSR count). The predicted molar refractivity (Wildman–Crippen MR) is 55.5 cm³/mol. The summed E-state index contributed by atoms with van der Waals surface area (Å²) in [7, 11) is 0. The van der Waals surface area contributed by atoms with Gasteiger partial charge in [-0.25, -0.2) is 9.18 Å². The first-order valence-corrected chi connectivity index (χ1v) is 4.80. The topological polar surface area (TPSA) is 94.8 Å². The number of phenols is 1. The van der Waals surface area contributed by atoms with Crippen LogP contribution in [0.25, 0.3) is 0 Å². The van der Waals surface area contributed by atoms with Crippen molar-refractivity contribution < 1.29 is 29.3 Å². The number of aliphatic carboxylic acids is 1. The zero-order chi connectivity index (χ0) is 13.2. The van der Waals surface area contributed by atoms with E-state index in [0.29, 0.717) is 0 Å². The number of carboxylic acids is 2. The van der Waals surface area contributed by atoms with Gasteiger partial charge in [0.1, 0.15) is 5.56 Å². The van der Waals surface area contributed by atoms with Crippen molar-refractivity contribution in [1.82, 2.24) is 0 Å². The first-order chi connectivity index (χ1) is 7.82. The predicted octanol–water partition coefficient (Wildman–Crippen LogP) is 1.49. The minimum absolute atomic E-state index is 0.00713. The van der Waals surface area contributed by atoms with Crippen LogP contribution in [0, 0.1) is 11.7 Å². The van der Waals surface area contributed by atoms with Crippen LogP contribution in [0.3, 0.4) is 0 Å². The molecule has 0 saturated carbocycles. The number of aromatic carboxylic acids is 1. The molecule has 0 aliphatic rings. The van der Waals surface area contributed by atoms with Gasteiger partial charge in [-0.1, -0.05) is 6.92 Å². The Hall–Kier alpha value is -2.11. The average molecular weight is 242 g/mol. The summed E-state index contributed by atoms with van der Waals surface area (Å²) in [5.74, 6) is -5.30. The maximum atomic E-state index is 13.2. The molecule has 1 unspecified atom stereocenters. The second kappa shape index (κ2) is 4.82. The lowest BCUT2D eigenvalue weighted by Gasteiger charge is -2.08. The molecule has 6 heteroatoms. The van der Waals surface area contributed by atoms with Gasteiger partial charge in [-0.15, -0.1) is 0 Å². The number of rotatable bonds is 4. The standard InChI is InChI=1S/C11H11FO5/c1-5(10(14)15)2-6-3-7(11(16)17)9(13)8(12)4-6/h3-5,13H,2H2,1H3,(H,14,15)(H,16,17). The van der Waals surface area contributed by atoms with E-state index in [-0.39, 0.29) is 12.0 Å². The molecule has 0 saturated heterocycles. The summed E-state index contributed by atoms with van der Waals surface area (Å²) in [6.07, 6.45) is -0.00713. The monoisotopic (exact) mass is 242 g/mol. The third-order valence-corrected chi connectivity index (χ3v) is 2.32. The van der Waals surface area contributed by atoms with Crippen molar-refractivity contribution in [1.29, 1.82) is 0 Å². The Morgan fingerprint density at radius 2 is 1.94 bits per heavy atom. The number of carboxylic acid groups (broad SMARTS) is 2. The molecule has 1 aromatic rings. The number of benzene rings is 1. The molecule has 0 aliphatic heterocycles. The highest BCUT2D eigenvalue weighted by Gasteiger charge is 2.18. The zero-order valence-electron chi connectivity index (χ0n) is 8.98. The summed E-state index contributed by atoms with van der Waals surface area (Å²) in [6, 6.07) is 2.00. The van der Waals surface area contributed by atoms with Gasteiger partial charge in [-0.3, -0.25) is 4.79 Å². The van der Waals surface area contributed by atoms with Gasteiger partial charge in [-0.05, 0) is 24.1 Å². The molecule has 0 fully saturated rings. The number of aromatic hydroxyl groups is 1. The van der Waals surface area contributed by atoms with Crippen LogP contribution in [-0.4, -0.2) is 27.3 Å². The Balaban J connectivity index is 3.11. The van der Waals surface area contributed by atoms with E-state index in [4.69, 9.17) is 15.3 Å². The van der Waals surface area contributed by atoms with Crippen LogP contribution < -0.4 is 0 Å². The minimum atomic E-state index is -1.47. The van der Waals surface area contributed by atoms with E-state index in [9.17, 15) is 14.0 Å². The molecule has 0 radical (unpaired) electrons. The summed E-state index contributed by atoms with van der Waals surface area (Å²) in [5.41, 5.74) is -0.356. The van der Waals surface area contributed by atoms with Crippen molar-refractivity contribution in [2.45, 2.75) is 13.3 Å². The molecular formula is C11H11FO5. The summed E-state index contributed by atoms with van der Waals surface area (Å²) in [4.78, 5) is 21.3. The molecule has 0 spiro atoms. The lowest BCUT2D eigenvalue weighted by atomic mass is 9.99. The highest BCUT2D eigenvalue weighted by molar-refractivity contribution is 5.91. The number of halogens is 1.